The number of hydrogen-bond donors (Lipinski definition) is 1. The molecule has 3 fully saturated rings. The maximum Gasteiger partial charge on any atom is 0.274 e. The Labute approximate surface area is 290 Å². The number of amides is 2. The first-order valence-electron chi connectivity index (χ1n) is 17.4. The number of nitrogens with zero attached hydrogens (tertiary/aromatic N) is 2. The Hall–Kier alpha value is -3.64. The standard InChI is InChI=1S/C37H42FN3O6S2/c38-27-15-18-30-33(19-27)48-36(39-30)47-28-20-31-32(42)22-37(35(44)40-49(45,46)29-16-17-29)21-26(37)12-8-3-1-2-7-11-25(34(43)41(31)23-28)14-13-24-9-5-4-6-10-24/h4-6,8-10,12,15,18-19,25-26,28-29,31H,1-3,7,11,13-14,16-17,20-23H2,(H,40,44)/b12-8-/t25-,26-,28-,31+,37-/m1/s1. The quantitative estimate of drug-likeness (QED) is 0.280. The molecule has 0 radical (unpaired) electrons. The van der Waals surface area contributed by atoms with Gasteiger partial charge in [0.25, 0.3) is 5.19 Å². The first-order chi connectivity index (χ1) is 23.6. The van der Waals surface area contributed by atoms with E-state index in [1.165, 1.54) is 23.5 Å². The third-order valence-corrected chi connectivity index (χ3v) is 13.3. The van der Waals surface area contributed by atoms with Crippen LogP contribution in [0.15, 0.2) is 60.7 Å². The molecule has 260 valence electrons. The lowest BCUT2D eigenvalue weighted by atomic mass is 9.90. The van der Waals surface area contributed by atoms with Gasteiger partial charge in [-0.3, -0.25) is 19.1 Å². The lowest BCUT2D eigenvalue weighted by molar-refractivity contribution is -0.142. The van der Waals surface area contributed by atoms with E-state index < -0.39 is 38.7 Å². The third-order valence-electron chi connectivity index (χ3n) is 10.6. The van der Waals surface area contributed by atoms with Gasteiger partial charge in [0.15, 0.2) is 5.78 Å². The van der Waals surface area contributed by atoms with E-state index in [1.807, 2.05) is 30.4 Å². The van der Waals surface area contributed by atoms with E-state index in [-0.39, 0.29) is 48.7 Å². The van der Waals surface area contributed by atoms with E-state index >= 15 is 0 Å². The first-order valence-corrected chi connectivity index (χ1v) is 19.8. The predicted molar refractivity (Wildman–Crippen MR) is 185 cm³/mol. The molecule has 2 aliphatic heterocycles. The number of allylic oxidation sites excluding steroid dienone is 2. The highest BCUT2D eigenvalue weighted by Gasteiger charge is 2.61. The molecule has 0 spiro atoms. The Balaban J connectivity index is 1.16. The summed E-state index contributed by atoms with van der Waals surface area (Å²) in [6, 6.07) is 13.6. The van der Waals surface area contributed by atoms with Crippen molar-refractivity contribution in [3.05, 3.63) is 72.1 Å². The summed E-state index contributed by atoms with van der Waals surface area (Å²) in [5.41, 5.74) is 0.574. The maximum absolute atomic E-state index is 14.5. The molecular formula is C37H42FN3O6S2. The molecule has 5 atom stereocenters. The molecular weight excluding hydrogens is 666 g/mol. The summed E-state index contributed by atoms with van der Waals surface area (Å²) >= 11 is 1.21. The second-order valence-electron chi connectivity index (χ2n) is 14.1. The number of aryl methyl sites for hydroxylation is 1. The van der Waals surface area contributed by atoms with Crippen LogP contribution < -0.4 is 9.46 Å². The fourth-order valence-electron chi connectivity index (χ4n) is 7.46. The van der Waals surface area contributed by atoms with Crippen LogP contribution in [0.3, 0.4) is 0 Å². The van der Waals surface area contributed by atoms with Crippen molar-refractivity contribution in [1.82, 2.24) is 14.6 Å². The highest BCUT2D eigenvalue weighted by atomic mass is 32.2. The monoisotopic (exact) mass is 707 g/mol. The van der Waals surface area contributed by atoms with Crippen molar-refractivity contribution in [3.63, 3.8) is 0 Å². The maximum atomic E-state index is 14.5. The van der Waals surface area contributed by atoms with E-state index in [1.54, 1.807) is 11.0 Å². The average Bonchev–Trinajstić information content (AvgIpc) is 3.97. The van der Waals surface area contributed by atoms with E-state index in [9.17, 15) is 27.2 Å². The van der Waals surface area contributed by atoms with Gasteiger partial charge in [-0.25, -0.2) is 17.8 Å². The fraction of sp³-hybridized carbons (Fsp3) is 0.514. The van der Waals surface area contributed by atoms with Crippen LogP contribution in [0.1, 0.15) is 76.2 Å². The van der Waals surface area contributed by atoms with Gasteiger partial charge in [0.1, 0.15) is 11.9 Å². The van der Waals surface area contributed by atoms with Crippen LogP contribution in [0.5, 0.6) is 5.19 Å². The molecule has 2 amide bonds. The van der Waals surface area contributed by atoms with Crippen molar-refractivity contribution in [2.45, 2.75) is 94.4 Å². The van der Waals surface area contributed by atoms with E-state index in [2.05, 4.69) is 21.8 Å². The van der Waals surface area contributed by atoms with Crippen LogP contribution in [-0.2, 0) is 30.8 Å². The summed E-state index contributed by atoms with van der Waals surface area (Å²) in [6.45, 7) is 0.181. The molecule has 2 aliphatic carbocycles. The van der Waals surface area contributed by atoms with Gasteiger partial charge in [-0.05, 0) is 81.0 Å². The molecule has 2 aromatic carbocycles. The van der Waals surface area contributed by atoms with Gasteiger partial charge in [0, 0.05) is 18.8 Å². The molecule has 7 rings (SSSR count). The van der Waals surface area contributed by atoms with Crippen LogP contribution in [0.25, 0.3) is 10.2 Å². The smallest absolute Gasteiger partial charge is 0.274 e. The molecule has 1 N–H and O–H groups in total. The van der Waals surface area contributed by atoms with Gasteiger partial charge in [-0.15, -0.1) is 0 Å². The molecule has 0 bridgehead atoms. The number of benzene rings is 2. The number of rotatable bonds is 8. The number of carbonyl (C=O) groups is 3. The molecule has 4 aliphatic rings. The second kappa shape index (κ2) is 13.9. The molecule has 1 saturated heterocycles. The zero-order valence-corrected chi connectivity index (χ0v) is 29.0. The lowest BCUT2D eigenvalue weighted by Crippen LogP contribution is -2.46. The molecule has 12 heteroatoms. The molecule has 9 nitrogen and oxygen atoms in total. The van der Waals surface area contributed by atoms with Crippen LogP contribution in [0.2, 0.25) is 0 Å². The number of thiazole rings is 1. The van der Waals surface area contributed by atoms with Crippen molar-refractivity contribution in [2.75, 3.05) is 6.54 Å². The molecule has 2 saturated carbocycles. The highest BCUT2D eigenvalue weighted by molar-refractivity contribution is 7.90. The van der Waals surface area contributed by atoms with Gasteiger partial charge in [0.2, 0.25) is 21.8 Å². The molecule has 3 heterocycles. The number of Topliss-reactive ketones (excluding diaryl/α,β-unsaturated/α-hetero) is 1. The van der Waals surface area contributed by atoms with Crippen molar-refractivity contribution in [3.8, 4) is 5.19 Å². The van der Waals surface area contributed by atoms with Gasteiger partial charge in [-0.2, -0.15) is 0 Å². The van der Waals surface area contributed by atoms with Crippen molar-refractivity contribution < 1.29 is 31.9 Å². The summed E-state index contributed by atoms with van der Waals surface area (Å²) in [6.07, 6.45) is 10.6. The summed E-state index contributed by atoms with van der Waals surface area (Å²) in [7, 11) is -3.80. The molecule has 49 heavy (non-hydrogen) atoms. The number of nitrogens with one attached hydrogen (secondary N) is 1. The van der Waals surface area contributed by atoms with Crippen molar-refractivity contribution in [1.29, 1.82) is 0 Å². The van der Waals surface area contributed by atoms with Crippen LogP contribution in [-0.4, -0.2) is 59.8 Å². The number of fused-ring (bicyclic) bond motifs is 3. The van der Waals surface area contributed by atoms with Gasteiger partial charge < -0.3 is 9.64 Å². The van der Waals surface area contributed by atoms with E-state index in [4.69, 9.17) is 4.74 Å². The van der Waals surface area contributed by atoms with Gasteiger partial charge >= 0.3 is 0 Å². The fourth-order valence-corrected chi connectivity index (χ4v) is 9.75. The highest BCUT2D eigenvalue weighted by Crippen LogP contribution is 2.57. The Morgan fingerprint density at radius 2 is 1.90 bits per heavy atom. The number of aromatic nitrogens is 1. The number of ketones is 1. The summed E-state index contributed by atoms with van der Waals surface area (Å²) in [5.74, 6) is -1.91. The van der Waals surface area contributed by atoms with E-state index in [0.29, 0.717) is 47.5 Å². The van der Waals surface area contributed by atoms with E-state index in [0.717, 1.165) is 37.7 Å². The van der Waals surface area contributed by atoms with Gasteiger partial charge in [0.05, 0.1) is 33.5 Å². The minimum absolute atomic E-state index is 0.0955. The zero-order chi connectivity index (χ0) is 34.2. The van der Waals surface area contributed by atoms with Crippen LogP contribution in [0, 0.1) is 23.1 Å². The zero-order valence-electron chi connectivity index (χ0n) is 27.4. The molecule has 3 aromatic rings. The normalized spacial score (nSPS) is 28.6. The minimum Gasteiger partial charge on any atom is -0.465 e. The minimum atomic E-state index is -3.80. The average molecular weight is 708 g/mol. The summed E-state index contributed by atoms with van der Waals surface area (Å²) in [4.78, 5) is 48.6. The predicted octanol–water partition coefficient (Wildman–Crippen LogP) is 6.13. The summed E-state index contributed by atoms with van der Waals surface area (Å²) in [5, 5.41) is -0.228. The Morgan fingerprint density at radius 1 is 1.08 bits per heavy atom. The largest absolute Gasteiger partial charge is 0.465 e. The molecule has 1 aromatic heterocycles. The number of hydrogen-bond acceptors (Lipinski definition) is 8. The number of sulfonamides is 1. The third kappa shape index (κ3) is 7.60. The Kier molecular flexibility index (Phi) is 9.62. The SMILES string of the molecule is O=C1C[C@]2(C(=O)NS(=O)(=O)C3CC3)C[C@H]2/C=C\CCCCC[C@H](CCc2ccccc2)C(=O)N2C[C@H](Oc3nc4ccc(F)cc4s3)C[C@@H]12. The summed E-state index contributed by atoms with van der Waals surface area (Å²) < 4.78 is 48.7. The van der Waals surface area contributed by atoms with Crippen LogP contribution >= 0.6 is 11.3 Å². The van der Waals surface area contributed by atoms with Crippen molar-refractivity contribution in [2.24, 2.45) is 17.3 Å². The Bertz CT molecular complexity index is 1860. The number of carbonyl (C=O) groups excluding carboxylic acids is 3. The van der Waals surface area contributed by atoms with Crippen LogP contribution in [0.4, 0.5) is 4.39 Å². The van der Waals surface area contributed by atoms with Gasteiger partial charge in [-0.1, -0.05) is 66.7 Å². The second-order valence-corrected chi connectivity index (χ2v) is 17.1. The topological polar surface area (TPSA) is 123 Å². The van der Waals surface area contributed by atoms with Crippen molar-refractivity contribution >= 4 is 49.2 Å². The molecule has 0 unspecified atom stereocenters. The number of halogens is 1. The number of ether oxygens (including phenoxy) is 1. The Morgan fingerprint density at radius 3 is 2.69 bits per heavy atom. The first kappa shape index (κ1) is 33.8. The lowest BCUT2D eigenvalue weighted by Gasteiger charge is -2.29.